The highest BCUT2D eigenvalue weighted by Crippen LogP contribution is 2.26. The molecule has 0 bridgehead atoms. The lowest BCUT2D eigenvalue weighted by Gasteiger charge is -2.27. The van der Waals surface area contributed by atoms with E-state index in [1.807, 2.05) is 0 Å². The van der Waals surface area contributed by atoms with E-state index in [2.05, 4.69) is 33.1 Å². The van der Waals surface area contributed by atoms with Crippen LogP contribution in [0, 0.1) is 5.92 Å². The van der Waals surface area contributed by atoms with E-state index in [0.29, 0.717) is 6.04 Å². The Bertz CT molecular complexity index is 186. The summed E-state index contributed by atoms with van der Waals surface area (Å²) in [6, 6.07) is 0.714. The van der Waals surface area contributed by atoms with Gasteiger partial charge in [-0.05, 0) is 53.0 Å². The van der Waals surface area contributed by atoms with Crippen LogP contribution in [0.5, 0.6) is 0 Å². The van der Waals surface area contributed by atoms with Gasteiger partial charge in [-0.15, -0.1) is 0 Å². The highest BCUT2D eigenvalue weighted by Gasteiger charge is 2.22. The number of rotatable bonds is 4. The monoisotopic (exact) mass is 227 g/mol. The summed E-state index contributed by atoms with van der Waals surface area (Å²) < 4.78 is 5.84. The van der Waals surface area contributed by atoms with Crippen LogP contribution in [0.1, 0.15) is 59.3 Å². The Morgan fingerprint density at radius 3 is 2.44 bits per heavy atom. The number of ether oxygens (including phenoxy) is 1. The smallest absolute Gasteiger partial charge is 0.0598 e. The van der Waals surface area contributed by atoms with Gasteiger partial charge >= 0.3 is 0 Å². The zero-order chi connectivity index (χ0) is 12.0. The fourth-order valence-corrected chi connectivity index (χ4v) is 2.63. The highest BCUT2D eigenvalue weighted by molar-refractivity contribution is 4.78. The molecule has 0 aromatic rings. The normalized spacial score (nSPS) is 27.8. The quantitative estimate of drug-likeness (QED) is 0.744. The van der Waals surface area contributed by atoms with Crippen LogP contribution >= 0.6 is 0 Å². The molecule has 16 heavy (non-hydrogen) atoms. The summed E-state index contributed by atoms with van der Waals surface area (Å²) in [6.45, 7) is 7.31. The van der Waals surface area contributed by atoms with Gasteiger partial charge in [-0.25, -0.2) is 0 Å². The third kappa shape index (κ3) is 5.31. The van der Waals surface area contributed by atoms with E-state index in [4.69, 9.17) is 4.74 Å². The number of hydrogen-bond donors (Lipinski definition) is 1. The van der Waals surface area contributed by atoms with Crippen LogP contribution in [0.25, 0.3) is 0 Å². The topological polar surface area (TPSA) is 21.3 Å². The average molecular weight is 227 g/mol. The van der Waals surface area contributed by atoms with Crippen molar-refractivity contribution in [3.8, 4) is 0 Å². The molecule has 1 fully saturated rings. The Hall–Kier alpha value is -0.0800. The summed E-state index contributed by atoms with van der Waals surface area (Å²) in [5, 5.41) is 3.49. The molecule has 0 aliphatic heterocycles. The fourth-order valence-electron chi connectivity index (χ4n) is 2.63. The molecule has 0 spiro atoms. The van der Waals surface area contributed by atoms with E-state index in [1.165, 1.54) is 38.5 Å². The summed E-state index contributed by atoms with van der Waals surface area (Å²) in [5.41, 5.74) is 0.0138. The Balaban J connectivity index is 2.31. The van der Waals surface area contributed by atoms with E-state index < -0.39 is 0 Å². The molecule has 0 radical (unpaired) electrons. The van der Waals surface area contributed by atoms with Gasteiger partial charge in [-0.3, -0.25) is 0 Å². The molecule has 0 saturated heterocycles. The van der Waals surface area contributed by atoms with Gasteiger partial charge in [0.1, 0.15) is 0 Å². The summed E-state index contributed by atoms with van der Waals surface area (Å²) in [5.74, 6) is 0.815. The molecule has 0 aromatic heterocycles. The molecule has 0 amide bonds. The molecule has 1 saturated carbocycles. The number of nitrogens with one attached hydrogen (secondary N) is 1. The Morgan fingerprint density at radius 2 is 1.81 bits per heavy atom. The first-order chi connectivity index (χ1) is 7.53. The van der Waals surface area contributed by atoms with Crippen LogP contribution in [-0.2, 0) is 4.74 Å². The first-order valence-electron chi connectivity index (χ1n) is 6.84. The predicted octanol–water partition coefficient (Wildman–Crippen LogP) is 3.36. The van der Waals surface area contributed by atoms with E-state index in [-0.39, 0.29) is 5.60 Å². The van der Waals surface area contributed by atoms with Crippen LogP contribution in [0.2, 0.25) is 0 Å². The maximum absolute atomic E-state index is 5.84. The van der Waals surface area contributed by atoms with Crippen molar-refractivity contribution in [1.82, 2.24) is 5.32 Å². The molecular formula is C14H29NO. The van der Waals surface area contributed by atoms with Crippen LogP contribution in [0.4, 0.5) is 0 Å². The van der Waals surface area contributed by atoms with E-state index >= 15 is 0 Å². The molecule has 2 heteroatoms. The molecule has 96 valence electrons. The fraction of sp³-hybridized carbons (Fsp3) is 1.00. The standard InChI is InChI=1S/C14H29NO/c1-14(2,3)16-11-10-12-8-6-5-7-9-13(12)15-4/h12-13,15H,5-11H2,1-4H3. The van der Waals surface area contributed by atoms with Crippen molar-refractivity contribution < 1.29 is 4.74 Å². The first-order valence-corrected chi connectivity index (χ1v) is 6.84. The second-order valence-corrected chi connectivity index (χ2v) is 6.04. The minimum Gasteiger partial charge on any atom is -0.376 e. The minimum atomic E-state index is 0.0138. The lowest BCUT2D eigenvalue weighted by molar-refractivity contribution is -0.0113. The van der Waals surface area contributed by atoms with Gasteiger partial charge in [0.2, 0.25) is 0 Å². The zero-order valence-electron chi connectivity index (χ0n) is 11.5. The predicted molar refractivity (Wildman–Crippen MR) is 69.7 cm³/mol. The van der Waals surface area contributed by atoms with Crippen molar-refractivity contribution in [3.63, 3.8) is 0 Å². The average Bonchev–Trinajstić information content (AvgIpc) is 2.41. The van der Waals surface area contributed by atoms with Gasteiger partial charge in [0, 0.05) is 12.6 Å². The van der Waals surface area contributed by atoms with Crippen LogP contribution < -0.4 is 5.32 Å². The molecule has 1 rings (SSSR count). The maximum atomic E-state index is 5.84. The molecule has 1 aliphatic carbocycles. The Morgan fingerprint density at radius 1 is 1.12 bits per heavy atom. The third-order valence-electron chi connectivity index (χ3n) is 3.55. The Labute approximate surface area is 101 Å². The van der Waals surface area contributed by atoms with E-state index in [9.17, 15) is 0 Å². The van der Waals surface area contributed by atoms with Crippen molar-refractivity contribution >= 4 is 0 Å². The summed E-state index contributed by atoms with van der Waals surface area (Å²) >= 11 is 0. The summed E-state index contributed by atoms with van der Waals surface area (Å²) in [7, 11) is 2.10. The molecule has 2 nitrogen and oxygen atoms in total. The molecule has 1 aliphatic rings. The van der Waals surface area contributed by atoms with Crippen molar-refractivity contribution in [2.45, 2.75) is 70.9 Å². The van der Waals surface area contributed by atoms with Gasteiger partial charge in [0.15, 0.2) is 0 Å². The van der Waals surface area contributed by atoms with Gasteiger partial charge in [-0.2, -0.15) is 0 Å². The van der Waals surface area contributed by atoms with Gasteiger partial charge in [0.05, 0.1) is 5.60 Å². The van der Waals surface area contributed by atoms with Crippen molar-refractivity contribution in [2.24, 2.45) is 5.92 Å². The lowest BCUT2D eigenvalue weighted by atomic mass is 9.92. The minimum absolute atomic E-state index is 0.0138. The van der Waals surface area contributed by atoms with Crippen molar-refractivity contribution in [2.75, 3.05) is 13.7 Å². The highest BCUT2D eigenvalue weighted by atomic mass is 16.5. The molecule has 1 N–H and O–H groups in total. The summed E-state index contributed by atoms with van der Waals surface area (Å²) in [4.78, 5) is 0. The molecule has 2 unspecified atom stereocenters. The van der Waals surface area contributed by atoms with E-state index in [0.717, 1.165) is 12.5 Å². The SMILES string of the molecule is CNC1CCCCCC1CCOC(C)(C)C. The van der Waals surface area contributed by atoms with Crippen LogP contribution in [0.3, 0.4) is 0 Å². The van der Waals surface area contributed by atoms with Gasteiger partial charge < -0.3 is 10.1 Å². The van der Waals surface area contributed by atoms with E-state index in [1.54, 1.807) is 0 Å². The van der Waals surface area contributed by atoms with Crippen LogP contribution in [-0.4, -0.2) is 25.3 Å². The van der Waals surface area contributed by atoms with Crippen molar-refractivity contribution in [3.05, 3.63) is 0 Å². The summed E-state index contributed by atoms with van der Waals surface area (Å²) in [6.07, 6.45) is 8.13. The second kappa shape index (κ2) is 6.61. The van der Waals surface area contributed by atoms with Crippen molar-refractivity contribution in [1.29, 1.82) is 0 Å². The first kappa shape index (κ1) is 14.0. The third-order valence-corrected chi connectivity index (χ3v) is 3.55. The maximum Gasteiger partial charge on any atom is 0.0598 e. The van der Waals surface area contributed by atoms with Gasteiger partial charge in [0.25, 0.3) is 0 Å². The molecule has 0 heterocycles. The molecule has 0 aromatic carbocycles. The number of hydrogen-bond acceptors (Lipinski definition) is 2. The van der Waals surface area contributed by atoms with Crippen LogP contribution in [0.15, 0.2) is 0 Å². The Kier molecular flexibility index (Phi) is 5.77. The zero-order valence-corrected chi connectivity index (χ0v) is 11.5. The largest absolute Gasteiger partial charge is 0.376 e. The van der Waals surface area contributed by atoms with Gasteiger partial charge in [-0.1, -0.05) is 19.3 Å². The molecule has 2 atom stereocenters. The molecular weight excluding hydrogens is 198 g/mol. The lowest BCUT2D eigenvalue weighted by Crippen LogP contribution is -2.34. The second-order valence-electron chi connectivity index (χ2n) is 6.04.